The maximum Gasteiger partial charge on any atom is 0.0621 e. The Balaban J connectivity index is 2.46. The molecule has 0 aromatic carbocycles. The van der Waals surface area contributed by atoms with E-state index in [1.807, 2.05) is 0 Å². The van der Waals surface area contributed by atoms with E-state index in [0.717, 1.165) is 18.9 Å². The Hall–Kier alpha value is -0.0800. The molecule has 0 aliphatic heterocycles. The lowest BCUT2D eigenvalue weighted by molar-refractivity contribution is -0.0685. The Morgan fingerprint density at radius 1 is 1.22 bits per heavy atom. The van der Waals surface area contributed by atoms with Gasteiger partial charge in [0.2, 0.25) is 0 Å². The van der Waals surface area contributed by atoms with Crippen molar-refractivity contribution in [3.63, 3.8) is 0 Å². The second-order valence-electron chi connectivity index (χ2n) is 6.58. The Morgan fingerprint density at radius 3 is 2.50 bits per heavy atom. The van der Waals surface area contributed by atoms with Crippen LogP contribution in [0.15, 0.2) is 0 Å². The molecule has 4 atom stereocenters. The molecule has 108 valence electrons. The van der Waals surface area contributed by atoms with Crippen LogP contribution < -0.4 is 5.73 Å². The zero-order chi connectivity index (χ0) is 13.5. The van der Waals surface area contributed by atoms with Gasteiger partial charge in [-0.15, -0.1) is 0 Å². The van der Waals surface area contributed by atoms with Crippen molar-refractivity contribution in [2.24, 2.45) is 23.5 Å². The molecule has 0 aromatic rings. The molecule has 0 bridgehead atoms. The molecule has 1 fully saturated rings. The van der Waals surface area contributed by atoms with E-state index in [0.29, 0.717) is 24.0 Å². The van der Waals surface area contributed by atoms with Crippen LogP contribution in [0.2, 0.25) is 0 Å². The molecular weight excluding hydrogens is 222 g/mol. The van der Waals surface area contributed by atoms with Gasteiger partial charge in [0, 0.05) is 0 Å². The van der Waals surface area contributed by atoms with Gasteiger partial charge in [0.25, 0.3) is 0 Å². The first kappa shape index (κ1) is 16.0. The van der Waals surface area contributed by atoms with Crippen LogP contribution in [-0.2, 0) is 4.74 Å². The van der Waals surface area contributed by atoms with Crippen LogP contribution >= 0.6 is 0 Å². The molecule has 2 N–H and O–H groups in total. The minimum Gasteiger partial charge on any atom is -0.375 e. The number of nitrogens with two attached hydrogens (primary N) is 1. The second-order valence-corrected chi connectivity index (χ2v) is 6.58. The Morgan fingerprint density at radius 2 is 1.94 bits per heavy atom. The highest BCUT2D eigenvalue weighted by Gasteiger charge is 2.31. The summed E-state index contributed by atoms with van der Waals surface area (Å²) in [4.78, 5) is 0. The van der Waals surface area contributed by atoms with Gasteiger partial charge in [-0.3, -0.25) is 0 Å². The number of ether oxygens (including phenoxy) is 1. The van der Waals surface area contributed by atoms with E-state index < -0.39 is 0 Å². The van der Waals surface area contributed by atoms with E-state index in [-0.39, 0.29) is 0 Å². The van der Waals surface area contributed by atoms with Crippen molar-refractivity contribution in [1.29, 1.82) is 0 Å². The molecule has 0 amide bonds. The van der Waals surface area contributed by atoms with Crippen molar-refractivity contribution < 1.29 is 4.74 Å². The first-order valence-corrected chi connectivity index (χ1v) is 7.92. The van der Waals surface area contributed by atoms with Crippen molar-refractivity contribution in [3.05, 3.63) is 0 Å². The molecule has 0 aromatic heterocycles. The zero-order valence-corrected chi connectivity index (χ0v) is 12.8. The average molecular weight is 255 g/mol. The van der Waals surface area contributed by atoms with Gasteiger partial charge in [-0.2, -0.15) is 0 Å². The van der Waals surface area contributed by atoms with Gasteiger partial charge in [0.15, 0.2) is 0 Å². The van der Waals surface area contributed by atoms with Gasteiger partial charge in [0.1, 0.15) is 0 Å². The molecule has 0 radical (unpaired) electrons. The Bertz CT molecular complexity index is 217. The summed E-state index contributed by atoms with van der Waals surface area (Å²) in [6, 6.07) is 0. The van der Waals surface area contributed by atoms with Gasteiger partial charge in [-0.1, -0.05) is 33.6 Å². The van der Waals surface area contributed by atoms with Gasteiger partial charge in [0.05, 0.1) is 12.2 Å². The van der Waals surface area contributed by atoms with Crippen molar-refractivity contribution in [2.75, 3.05) is 6.54 Å². The quantitative estimate of drug-likeness (QED) is 0.747. The number of hydrogen-bond acceptors (Lipinski definition) is 2. The largest absolute Gasteiger partial charge is 0.375 e. The first-order chi connectivity index (χ1) is 8.56. The summed E-state index contributed by atoms with van der Waals surface area (Å²) < 4.78 is 6.30. The molecule has 1 saturated carbocycles. The average Bonchev–Trinajstić information content (AvgIpc) is 2.28. The lowest BCUT2D eigenvalue weighted by Crippen LogP contribution is -2.38. The Labute approximate surface area is 114 Å². The van der Waals surface area contributed by atoms with Gasteiger partial charge < -0.3 is 10.5 Å². The summed E-state index contributed by atoms with van der Waals surface area (Å²) in [6.07, 6.45) is 8.46. The van der Waals surface area contributed by atoms with Crippen molar-refractivity contribution >= 4 is 0 Å². The fourth-order valence-electron chi connectivity index (χ4n) is 3.40. The normalized spacial score (nSPS) is 30.7. The van der Waals surface area contributed by atoms with E-state index in [9.17, 15) is 0 Å². The number of rotatable bonds is 7. The highest BCUT2D eigenvalue weighted by Crippen LogP contribution is 2.34. The molecule has 1 aliphatic carbocycles. The summed E-state index contributed by atoms with van der Waals surface area (Å²) in [5.74, 6) is 2.17. The van der Waals surface area contributed by atoms with Crippen LogP contribution in [0.25, 0.3) is 0 Å². The third-order valence-electron chi connectivity index (χ3n) is 4.25. The SMILES string of the molecule is CCCC1CCC(CN)C(OC(C)CC(C)C)C1. The van der Waals surface area contributed by atoms with Crippen LogP contribution in [0, 0.1) is 17.8 Å². The monoisotopic (exact) mass is 255 g/mol. The fraction of sp³-hybridized carbons (Fsp3) is 1.00. The molecule has 0 spiro atoms. The summed E-state index contributed by atoms with van der Waals surface area (Å²) in [6.45, 7) is 9.82. The van der Waals surface area contributed by atoms with Crippen molar-refractivity contribution in [1.82, 2.24) is 0 Å². The maximum atomic E-state index is 6.30. The topological polar surface area (TPSA) is 35.2 Å². The highest BCUT2D eigenvalue weighted by atomic mass is 16.5. The van der Waals surface area contributed by atoms with Crippen LogP contribution in [0.5, 0.6) is 0 Å². The molecule has 4 unspecified atom stereocenters. The van der Waals surface area contributed by atoms with Gasteiger partial charge in [-0.05, 0) is 56.9 Å². The third-order valence-corrected chi connectivity index (χ3v) is 4.25. The van der Waals surface area contributed by atoms with E-state index in [1.54, 1.807) is 0 Å². The Kier molecular flexibility index (Phi) is 7.25. The minimum atomic E-state index is 0.379. The second kappa shape index (κ2) is 8.16. The lowest BCUT2D eigenvalue weighted by Gasteiger charge is -2.37. The standard InChI is InChI=1S/C16H33NO/c1-5-6-14-7-8-15(11-17)16(10-14)18-13(4)9-12(2)3/h12-16H,5-11,17H2,1-4H3. The predicted octanol–water partition coefficient (Wildman–Crippen LogP) is 3.98. The summed E-state index contributed by atoms with van der Waals surface area (Å²) in [7, 11) is 0. The van der Waals surface area contributed by atoms with E-state index in [4.69, 9.17) is 10.5 Å². The van der Waals surface area contributed by atoms with Crippen LogP contribution in [0.4, 0.5) is 0 Å². The van der Waals surface area contributed by atoms with Crippen LogP contribution in [0.1, 0.15) is 66.2 Å². The zero-order valence-electron chi connectivity index (χ0n) is 12.8. The molecular formula is C16H33NO. The van der Waals surface area contributed by atoms with E-state index >= 15 is 0 Å². The molecule has 0 saturated heterocycles. The highest BCUT2D eigenvalue weighted by molar-refractivity contribution is 4.82. The minimum absolute atomic E-state index is 0.379. The molecule has 2 nitrogen and oxygen atoms in total. The van der Waals surface area contributed by atoms with E-state index in [1.165, 1.54) is 32.1 Å². The van der Waals surface area contributed by atoms with Gasteiger partial charge in [-0.25, -0.2) is 0 Å². The molecule has 0 heterocycles. The smallest absolute Gasteiger partial charge is 0.0621 e. The first-order valence-electron chi connectivity index (χ1n) is 7.92. The molecule has 1 aliphatic rings. The van der Waals surface area contributed by atoms with E-state index in [2.05, 4.69) is 27.7 Å². The lowest BCUT2D eigenvalue weighted by atomic mass is 9.78. The maximum absolute atomic E-state index is 6.30. The van der Waals surface area contributed by atoms with Crippen LogP contribution in [0.3, 0.4) is 0 Å². The van der Waals surface area contributed by atoms with Crippen molar-refractivity contribution in [2.45, 2.75) is 78.4 Å². The fourth-order valence-corrected chi connectivity index (χ4v) is 3.40. The molecule has 18 heavy (non-hydrogen) atoms. The van der Waals surface area contributed by atoms with Crippen molar-refractivity contribution in [3.8, 4) is 0 Å². The third kappa shape index (κ3) is 5.27. The summed E-state index contributed by atoms with van der Waals surface area (Å²) in [5, 5.41) is 0. The van der Waals surface area contributed by atoms with Gasteiger partial charge >= 0.3 is 0 Å². The summed E-state index contributed by atoms with van der Waals surface area (Å²) in [5.41, 5.74) is 5.91. The number of hydrogen-bond donors (Lipinski definition) is 1. The molecule has 1 rings (SSSR count). The van der Waals surface area contributed by atoms with Crippen LogP contribution in [-0.4, -0.2) is 18.8 Å². The molecule has 2 heteroatoms. The predicted molar refractivity (Wildman–Crippen MR) is 78.6 cm³/mol. The summed E-state index contributed by atoms with van der Waals surface area (Å²) >= 11 is 0.